The van der Waals surface area contributed by atoms with E-state index in [1.807, 2.05) is 0 Å². The molecule has 0 bridgehead atoms. The van der Waals surface area contributed by atoms with Crippen LogP contribution in [0.25, 0.3) is 0 Å². The lowest BCUT2D eigenvalue weighted by molar-refractivity contribution is -0.161. The van der Waals surface area contributed by atoms with Gasteiger partial charge in [-0.05, 0) is 37.5 Å². The zero-order valence-corrected chi connectivity index (χ0v) is 65.9. The van der Waals surface area contributed by atoms with Crippen molar-refractivity contribution in [2.45, 2.75) is 432 Å². The lowest BCUT2D eigenvalue weighted by atomic mass is 9.99. The SMILES string of the molecule is CCCCCCCCCCCCCCCCCCCC(=O)OC[C@H](COP(=O)(O)OC[C@@H](O)COP(=O)(O)OC[C@@H](COC(=O)CCCCCCCCCCC)OC(=O)CCCCCCCCC(C)CC)OC(=O)CCCCCCCCCCCCCCCCCCCCC(C)CC. The van der Waals surface area contributed by atoms with Gasteiger partial charge in [0.05, 0.1) is 26.4 Å². The molecule has 0 amide bonds. The third kappa shape index (κ3) is 69.8. The van der Waals surface area contributed by atoms with E-state index in [0.717, 1.165) is 102 Å². The molecule has 0 heterocycles. The first-order chi connectivity index (χ1) is 47.4. The first-order valence-corrected chi connectivity index (χ1v) is 44.1. The van der Waals surface area contributed by atoms with Gasteiger partial charge in [0.2, 0.25) is 0 Å². The molecule has 17 nitrogen and oxygen atoms in total. The summed E-state index contributed by atoms with van der Waals surface area (Å²) in [5.74, 6) is -0.525. The molecule has 0 saturated heterocycles. The molecule has 7 atom stereocenters. The molecule has 0 saturated carbocycles. The van der Waals surface area contributed by atoms with E-state index in [1.165, 1.54) is 231 Å². The molecular formula is C79H154O17P2. The maximum absolute atomic E-state index is 13.1. The van der Waals surface area contributed by atoms with Crippen LogP contribution in [0.4, 0.5) is 0 Å². The predicted octanol–water partition coefficient (Wildman–Crippen LogP) is 23.5. The van der Waals surface area contributed by atoms with E-state index < -0.39 is 97.5 Å². The quantitative estimate of drug-likeness (QED) is 0.0222. The van der Waals surface area contributed by atoms with Crippen LogP contribution in [-0.4, -0.2) is 96.7 Å². The number of esters is 4. The Morgan fingerprint density at radius 2 is 0.490 bits per heavy atom. The summed E-state index contributed by atoms with van der Waals surface area (Å²) in [5.41, 5.74) is 0. The van der Waals surface area contributed by atoms with Crippen molar-refractivity contribution < 1.29 is 80.2 Å². The van der Waals surface area contributed by atoms with E-state index in [0.29, 0.717) is 25.7 Å². The lowest BCUT2D eigenvalue weighted by Gasteiger charge is -2.21. The van der Waals surface area contributed by atoms with Gasteiger partial charge in [0, 0.05) is 25.7 Å². The highest BCUT2D eigenvalue weighted by Crippen LogP contribution is 2.45. The molecular weight excluding hydrogens is 1280 g/mol. The topological polar surface area (TPSA) is 237 Å². The molecule has 3 N–H and O–H groups in total. The standard InChI is InChI=1S/C79H154O17P2/c1-7-11-13-15-17-19-20-21-22-25-29-32-35-39-43-50-56-62-77(82)90-67-74(95-78(83)63-57-51-44-40-36-33-30-27-24-23-26-28-31-34-38-41-47-53-59-71(5)9-3)69-93-97(85,86)91-65-73(80)66-92-98(87,88)94-70-75(68-89-76(81)61-55-49-42-37-18-16-14-12-8-2)96-79(84)64-58-52-46-45-48-54-60-72(6)10-4/h71-75,80H,7-70H2,1-6H3,(H,85,86)(H,87,88)/t71?,72?,73-,74-,75-/m1/s1. The van der Waals surface area contributed by atoms with Gasteiger partial charge in [0.1, 0.15) is 19.3 Å². The molecule has 0 aliphatic carbocycles. The Bertz CT molecular complexity index is 1890. The summed E-state index contributed by atoms with van der Waals surface area (Å²) in [5, 5.41) is 10.6. The summed E-state index contributed by atoms with van der Waals surface area (Å²) in [7, 11) is -9.91. The third-order valence-electron chi connectivity index (χ3n) is 19.2. The number of carbonyl (C=O) groups is 4. The molecule has 0 aromatic carbocycles. The minimum absolute atomic E-state index is 0.103. The molecule has 0 aliphatic rings. The fraction of sp³-hybridized carbons (Fsp3) is 0.949. The molecule has 0 radical (unpaired) electrons. The third-order valence-corrected chi connectivity index (χ3v) is 21.1. The highest BCUT2D eigenvalue weighted by Gasteiger charge is 2.30. The number of ether oxygens (including phenoxy) is 4. The van der Waals surface area contributed by atoms with Crippen molar-refractivity contribution in [3.8, 4) is 0 Å². The van der Waals surface area contributed by atoms with Crippen LogP contribution in [0.5, 0.6) is 0 Å². The van der Waals surface area contributed by atoms with Crippen LogP contribution in [0.15, 0.2) is 0 Å². The van der Waals surface area contributed by atoms with E-state index in [2.05, 4.69) is 41.5 Å². The predicted molar refractivity (Wildman–Crippen MR) is 400 cm³/mol. The zero-order valence-electron chi connectivity index (χ0n) is 64.1. The van der Waals surface area contributed by atoms with Crippen LogP contribution in [0, 0.1) is 11.8 Å². The van der Waals surface area contributed by atoms with E-state index in [1.54, 1.807) is 0 Å². The summed E-state index contributed by atoms with van der Waals surface area (Å²) in [6.07, 6.45) is 59.8. The first kappa shape index (κ1) is 96.1. The molecule has 582 valence electrons. The summed E-state index contributed by atoms with van der Waals surface area (Å²) in [4.78, 5) is 72.8. The maximum Gasteiger partial charge on any atom is 0.472 e. The smallest absolute Gasteiger partial charge is 0.462 e. The number of hydrogen-bond acceptors (Lipinski definition) is 15. The summed E-state index contributed by atoms with van der Waals surface area (Å²) in [6, 6.07) is 0. The van der Waals surface area contributed by atoms with Gasteiger partial charge in [-0.15, -0.1) is 0 Å². The molecule has 0 aromatic heterocycles. The molecule has 19 heteroatoms. The van der Waals surface area contributed by atoms with E-state index in [4.69, 9.17) is 37.0 Å². The van der Waals surface area contributed by atoms with Crippen LogP contribution < -0.4 is 0 Å². The van der Waals surface area contributed by atoms with Crippen molar-refractivity contribution in [2.75, 3.05) is 39.6 Å². The Balaban J connectivity index is 5.18. The lowest BCUT2D eigenvalue weighted by Crippen LogP contribution is -2.30. The highest BCUT2D eigenvalue weighted by molar-refractivity contribution is 7.47. The van der Waals surface area contributed by atoms with E-state index in [-0.39, 0.29) is 25.7 Å². The van der Waals surface area contributed by atoms with Crippen molar-refractivity contribution in [1.29, 1.82) is 0 Å². The second-order valence-corrected chi connectivity index (χ2v) is 31.8. The summed E-state index contributed by atoms with van der Waals surface area (Å²) in [6.45, 7) is 9.62. The Hall–Kier alpha value is -1.94. The van der Waals surface area contributed by atoms with E-state index in [9.17, 15) is 43.2 Å². The first-order valence-electron chi connectivity index (χ1n) is 41.1. The van der Waals surface area contributed by atoms with E-state index >= 15 is 0 Å². The van der Waals surface area contributed by atoms with Gasteiger partial charge in [0.15, 0.2) is 12.2 Å². The Labute approximate surface area is 600 Å². The molecule has 0 rings (SSSR count). The average Bonchev–Trinajstić information content (AvgIpc) is 1.40. The van der Waals surface area contributed by atoms with Gasteiger partial charge in [-0.25, -0.2) is 9.13 Å². The molecule has 98 heavy (non-hydrogen) atoms. The van der Waals surface area contributed by atoms with Crippen molar-refractivity contribution in [3.05, 3.63) is 0 Å². The number of aliphatic hydroxyl groups excluding tert-OH is 1. The normalized spacial score (nSPS) is 14.5. The zero-order chi connectivity index (χ0) is 72.1. The fourth-order valence-electron chi connectivity index (χ4n) is 12.1. The number of unbranched alkanes of at least 4 members (excludes halogenated alkanes) is 46. The minimum atomic E-state index is -4.96. The number of phosphoric ester groups is 2. The van der Waals surface area contributed by atoms with Gasteiger partial charge < -0.3 is 33.8 Å². The molecule has 0 aliphatic heterocycles. The van der Waals surface area contributed by atoms with Crippen LogP contribution in [-0.2, 0) is 65.4 Å². The van der Waals surface area contributed by atoms with Gasteiger partial charge in [-0.2, -0.15) is 0 Å². The van der Waals surface area contributed by atoms with Crippen molar-refractivity contribution >= 4 is 39.5 Å². The number of aliphatic hydroxyl groups is 1. The Morgan fingerprint density at radius 3 is 0.724 bits per heavy atom. The Morgan fingerprint density at radius 1 is 0.286 bits per heavy atom. The van der Waals surface area contributed by atoms with Gasteiger partial charge in [0.25, 0.3) is 0 Å². The average molecular weight is 1440 g/mol. The maximum atomic E-state index is 13.1. The van der Waals surface area contributed by atoms with Crippen LogP contribution in [0.3, 0.4) is 0 Å². The number of phosphoric acid groups is 2. The van der Waals surface area contributed by atoms with Gasteiger partial charge in [-0.3, -0.25) is 37.3 Å². The summed E-state index contributed by atoms with van der Waals surface area (Å²) < 4.78 is 68.5. The van der Waals surface area contributed by atoms with Crippen molar-refractivity contribution in [2.24, 2.45) is 11.8 Å². The second kappa shape index (κ2) is 70.7. The van der Waals surface area contributed by atoms with Crippen LogP contribution in [0.2, 0.25) is 0 Å². The molecule has 0 fully saturated rings. The fourth-order valence-corrected chi connectivity index (χ4v) is 13.7. The van der Waals surface area contributed by atoms with Crippen LogP contribution in [0.1, 0.15) is 414 Å². The number of hydrogen-bond donors (Lipinski definition) is 3. The van der Waals surface area contributed by atoms with Crippen molar-refractivity contribution in [3.63, 3.8) is 0 Å². The monoisotopic (exact) mass is 1440 g/mol. The minimum Gasteiger partial charge on any atom is -0.462 e. The largest absolute Gasteiger partial charge is 0.472 e. The van der Waals surface area contributed by atoms with Crippen molar-refractivity contribution in [1.82, 2.24) is 0 Å². The molecule has 0 spiro atoms. The highest BCUT2D eigenvalue weighted by atomic mass is 31.2. The number of rotatable bonds is 78. The van der Waals surface area contributed by atoms with Gasteiger partial charge >= 0.3 is 39.5 Å². The molecule has 0 aromatic rings. The van der Waals surface area contributed by atoms with Gasteiger partial charge in [-0.1, -0.05) is 363 Å². The Kier molecular flexibility index (Phi) is 69.3. The summed E-state index contributed by atoms with van der Waals surface area (Å²) >= 11 is 0. The second-order valence-electron chi connectivity index (χ2n) is 28.9. The molecule has 4 unspecified atom stereocenters. The van der Waals surface area contributed by atoms with Crippen LogP contribution >= 0.6 is 15.6 Å². The number of carbonyl (C=O) groups excluding carboxylic acids is 4.